The molecule has 1 atom stereocenters. The number of carbonyl (C=O) groups is 5. The maximum absolute atomic E-state index is 14.1. The number of amidine groups is 1. The monoisotopic (exact) mass is 702 g/mol. The third kappa shape index (κ3) is 11.8. The zero-order valence-electron chi connectivity index (χ0n) is 27.5. The second kappa shape index (κ2) is 18.8. The number of aromatic nitrogens is 1. The molecule has 0 saturated carbocycles. The Morgan fingerprint density at radius 3 is 1.84 bits per heavy atom. The summed E-state index contributed by atoms with van der Waals surface area (Å²) in [5.74, 6) is -5.83. The molecule has 9 N–H and O–H groups in total. The number of rotatable bonds is 16. The fraction of sp³-hybridized carbons (Fsp3) is 0.353. The van der Waals surface area contributed by atoms with Crippen molar-refractivity contribution in [3.8, 4) is 22.4 Å². The van der Waals surface area contributed by atoms with Gasteiger partial charge in [0.15, 0.2) is 0 Å². The Balaban J connectivity index is 0.00000112. The molecular formula is C34H41F3N6O7. The van der Waals surface area contributed by atoms with Crippen LogP contribution in [0.25, 0.3) is 22.4 Å². The zero-order valence-corrected chi connectivity index (χ0v) is 27.5. The van der Waals surface area contributed by atoms with Crippen LogP contribution < -0.4 is 22.1 Å². The number of carboxylic acids is 2. The molecule has 13 nitrogen and oxygen atoms in total. The number of primary amides is 1. The molecule has 1 aromatic heterocycles. The van der Waals surface area contributed by atoms with E-state index in [1.165, 1.54) is 0 Å². The van der Waals surface area contributed by atoms with Crippen LogP contribution in [0.1, 0.15) is 79.3 Å². The fourth-order valence-corrected chi connectivity index (χ4v) is 5.00. The van der Waals surface area contributed by atoms with Gasteiger partial charge in [0, 0.05) is 31.0 Å². The van der Waals surface area contributed by atoms with E-state index in [1.807, 2.05) is 79.1 Å². The fourth-order valence-electron chi connectivity index (χ4n) is 5.00. The van der Waals surface area contributed by atoms with E-state index in [1.54, 1.807) is 0 Å². The van der Waals surface area contributed by atoms with Crippen LogP contribution in [0, 0.1) is 5.41 Å². The van der Waals surface area contributed by atoms with E-state index < -0.39 is 41.9 Å². The van der Waals surface area contributed by atoms with Gasteiger partial charge in [-0.1, -0.05) is 67.1 Å². The molecule has 0 saturated heterocycles. The highest BCUT2D eigenvalue weighted by Crippen LogP contribution is 2.41. The number of amides is 3. The van der Waals surface area contributed by atoms with Crippen LogP contribution in [0.15, 0.2) is 60.7 Å². The van der Waals surface area contributed by atoms with Gasteiger partial charge >= 0.3 is 18.1 Å². The van der Waals surface area contributed by atoms with Gasteiger partial charge in [-0.3, -0.25) is 24.6 Å². The molecule has 0 unspecified atom stereocenters. The van der Waals surface area contributed by atoms with Crippen molar-refractivity contribution in [2.45, 2.75) is 70.6 Å². The van der Waals surface area contributed by atoms with Crippen molar-refractivity contribution in [1.29, 1.82) is 5.41 Å². The Kier molecular flexibility index (Phi) is 15.2. The van der Waals surface area contributed by atoms with E-state index in [9.17, 15) is 32.3 Å². The lowest BCUT2D eigenvalue weighted by atomic mass is 9.96. The zero-order chi connectivity index (χ0) is 37.6. The van der Waals surface area contributed by atoms with E-state index in [0.717, 1.165) is 18.4 Å². The van der Waals surface area contributed by atoms with E-state index >= 15 is 0 Å². The number of nitrogens with zero attached hydrogens (tertiary/aromatic N) is 1. The third-order valence-corrected chi connectivity index (χ3v) is 7.22. The first-order valence-corrected chi connectivity index (χ1v) is 15.6. The number of halogens is 3. The molecule has 1 heterocycles. The summed E-state index contributed by atoms with van der Waals surface area (Å²) in [4.78, 5) is 60.4. The molecule has 270 valence electrons. The summed E-state index contributed by atoms with van der Waals surface area (Å²) in [5.41, 5.74) is 13.8. The summed E-state index contributed by atoms with van der Waals surface area (Å²) in [6.07, 6.45) is -3.04. The summed E-state index contributed by atoms with van der Waals surface area (Å²) >= 11 is 0. The van der Waals surface area contributed by atoms with Gasteiger partial charge < -0.3 is 36.9 Å². The van der Waals surface area contributed by atoms with Crippen molar-refractivity contribution in [2.75, 3.05) is 6.54 Å². The second-order valence-corrected chi connectivity index (χ2v) is 11.4. The van der Waals surface area contributed by atoms with Crippen molar-refractivity contribution in [3.05, 3.63) is 71.9 Å². The van der Waals surface area contributed by atoms with Crippen LogP contribution in [-0.4, -0.2) is 69.0 Å². The van der Waals surface area contributed by atoms with Crippen molar-refractivity contribution >= 4 is 35.5 Å². The first-order valence-electron chi connectivity index (χ1n) is 15.6. The molecule has 3 aromatic rings. The Labute approximate surface area is 286 Å². The third-order valence-electron chi connectivity index (χ3n) is 7.22. The van der Waals surface area contributed by atoms with Crippen molar-refractivity contribution in [3.63, 3.8) is 0 Å². The number of nitrogens with one attached hydrogen (secondary N) is 3. The van der Waals surface area contributed by atoms with E-state index in [4.69, 9.17) is 31.9 Å². The molecule has 0 aliphatic rings. The Hall–Kier alpha value is -5.67. The summed E-state index contributed by atoms with van der Waals surface area (Å²) in [5, 5.41) is 29.2. The maximum Gasteiger partial charge on any atom is 0.490 e. The van der Waals surface area contributed by atoms with Gasteiger partial charge in [0.2, 0.25) is 5.91 Å². The molecule has 0 aliphatic heterocycles. The van der Waals surface area contributed by atoms with Gasteiger partial charge in [0.1, 0.15) is 11.7 Å². The number of hydrogen-bond acceptors (Lipinski definition) is 6. The molecule has 16 heteroatoms. The minimum absolute atomic E-state index is 0.0643. The van der Waals surface area contributed by atoms with Crippen LogP contribution in [0.4, 0.5) is 13.2 Å². The van der Waals surface area contributed by atoms with E-state index in [-0.39, 0.29) is 36.0 Å². The number of unbranched alkanes of at least 4 members (excludes halogenated alkanes) is 2. The molecule has 0 aliphatic carbocycles. The number of hydrogen-bond donors (Lipinski definition) is 7. The van der Waals surface area contributed by atoms with Gasteiger partial charge in [-0.15, -0.1) is 0 Å². The van der Waals surface area contributed by atoms with Crippen molar-refractivity contribution in [1.82, 2.24) is 15.2 Å². The van der Waals surface area contributed by atoms with Crippen LogP contribution in [-0.2, 0) is 14.4 Å². The smallest absolute Gasteiger partial charge is 0.481 e. The molecular weight excluding hydrogens is 661 g/mol. The highest BCUT2D eigenvalue weighted by atomic mass is 19.4. The predicted molar refractivity (Wildman–Crippen MR) is 179 cm³/mol. The average Bonchev–Trinajstić information content (AvgIpc) is 3.42. The maximum atomic E-state index is 14.1. The molecule has 0 bridgehead atoms. The van der Waals surface area contributed by atoms with Gasteiger partial charge in [-0.2, -0.15) is 13.2 Å². The molecule has 3 rings (SSSR count). The Morgan fingerprint density at radius 1 is 0.840 bits per heavy atom. The number of alkyl halides is 3. The summed E-state index contributed by atoms with van der Waals surface area (Å²) in [6.45, 7) is 4.17. The number of aliphatic carboxylic acids is 2. The van der Waals surface area contributed by atoms with Crippen LogP contribution in [0.3, 0.4) is 0 Å². The van der Waals surface area contributed by atoms with Gasteiger partial charge in [0.05, 0.1) is 17.1 Å². The first kappa shape index (κ1) is 40.5. The number of benzene rings is 2. The minimum atomic E-state index is -5.08. The van der Waals surface area contributed by atoms with Crippen molar-refractivity contribution < 1.29 is 47.4 Å². The Bertz CT molecular complexity index is 1660. The molecule has 0 radical (unpaired) electrons. The van der Waals surface area contributed by atoms with Gasteiger partial charge in [-0.05, 0) is 44.2 Å². The van der Waals surface area contributed by atoms with Crippen LogP contribution in [0.5, 0.6) is 0 Å². The lowest BCUT2D eigenvalue weighted by molar-refractivity contribution is -0.192. The first-order chi connectivity index (χ1) is 23.5. The molecule has 50 heavy (non-hydrogen) atoms. The summed E-state index contributed by atoms with van der Waals surface area (Å²) in [6, 6.07) is 17.1. The minimum Gasteiger partial charge on any atom is -0.481 e. The molecule has 0 spiro atoms. The summed E-state index contributed by atoms with van der Waals surface area (Å²) < 4.78 is 33.6. The average molecular weight is 703 g/mol. The normalized spacial score (nSPS) is 11.6. The molecule has 0 fully saturated rings. The van der Waals surface area contributed by atoms with E-state index in [2.05, 4.69) is 10.6 Å². The number of carboxylic acid groups (broad SMARTS) is 2. The highest BCUT2D eigenvalue weighted by molar-refractivity contribution is 6.14. The lowest BCUT2D eigenvalue weighted by Gasteiger charge is -2.19. The number of nitrogens with two attached hydrogens (primary N) is 2. The van der Waals surface area contributed by atoms with Crippen molar-refractivity contribution in [2.24, 2.45) is 11.5 Å². The SMILES string of the molecule is CC(C)n1c(C(=O)NCCCCCC(=N)N)c(C(=O)N[C@@H](CCC(=O)O)C(N)=O)c(-c2ccccc2)c1-c1ccccc1.O=C(O)C(F)(F)F. The number of carbonyl (C=O) groups excluding carboxylic acids is 3. The Morgan fingerprint density at radius 2 is 1.38 bits per heavy atom. The quantitative estimate of drug-likeness (QED) is 0.0626. The van der Waals surface area contributed by atoms with E-state index in [0.29, 0.717) is 36.2 Å². The molecule has 3 amide bonds. The van der Waals surface area contributed by atoms with Crippen LogP contribution in [0.2, 0.25) is 0 Å². The topological polar surface area (TPSA) is 231 Å². The van der Waals surface area contributed by atoms with Gasteiger partial charge in [0.25, 0.3) is 11.8 Å². The standard InChI is InChI=1S/C32H40N6O5.C2HF3O2/c1-20(2)38-28(22-14-8-4-9-15-22)26(21-12-6-3-7-13-21)27(31(42)37-23(30(35)41)17-18-25(39)40)29(38)32(43)36-19-11-5-10-16-24(33)34;3-2(4,5)1(6)7/h3-4,6-9,12-15,20,23H,5,10-11,16-19H2,1-2H3,(H3,33,34)(H2,35,41)(H,36,43)(H,37,42)(H,39,40);(H,6,7)/t23-;/m0./s1. The largest absolute Gasteiger partial charge is 0.490 e. The second-order valence-electron chi connectivity index (χ2n) is 11.4. The van der Waals surface area contributed by atoms with Gasteiger partial charge in [-0.25, -0.2) is 4.79 Å². The van der Waals surface area contributed by atoms with Crippen LogP contribution >= 0.6 is 0 Å². The predicted octanol–water partition coefficient (Wildman–Crippen LogP) is 4.71. The molecule has 2 aromatic carbocycles. The highest BCUT2D eigenvalue weighted by Gasteiger charge is 2.38. The summed E-state index contributed by atoms with van der Waals surface area (Å²) in [7, 11) is 0. The lowest BCUT2D eigenvalue weighted by Crippen LogP contribution is -2.45.